The maximum Gasteiger partial charge on any atom is 0.302 e. The first kappa shape index (κ1) is 13.2. The molecule has 0 radical (unpaired) electrons. The molecule has 0 aliphatic rings. The fourth-order valence-corrected chi connectivity index (χ4v) is 2.21. The molecule has 0 atom stereocenters. The standard InChI is InChI=1S/C10H12N2O2S.BrH/c1-7-5-12-6-9(11-10(12)15-7)3-4-14-8(2)13;/h5-6H,3-4H2,1-2H3;1H. The number of ether oxygens (including phenoxy) is 1. The molecule has 0 aliphatic heterocycles. The Morgan fingerprint density at radius 3 is 2.94 bits per heavy atom. The summed E-state index contributed by atoms with van der Waals surface area (Å²) in [4.78, 5) is 17.2. The maximum atomic E-state index is 10.6. The number of carbonyl (C=O) groups is 1. The lowest BCUT2D eigenvalue weighted by molar-refractivity contribution is -0.140. The van der Waals surface area contributed by atoms with E-state index in [1.807, 2.05) is 16.8 Å². The Kier molecular flexibility index (Phi) is 4.49. The Hall–Kier alpha value is -0.880. The van der Waals surface area contributed by atoms with Crippen molar-refractivity contribution in [2.45, 2.75) is 20.3 Å². The molecule has 16 heavy (non-hydrogen) atoms. The van der Waals surface area contributed by atoms with Crippen molar-refractivity contribution in [2.75, 3.05) is 6.61 Å². The quantitative estimate of drug-likeness (QED) is 0.818. The van der Waals surface area contributed by atoms with Crippen LogP contribution in [0.3, 0.4) is 0 Å². The van der Waals surface area contributed by atoms with Crippen LogP contribution in [0.2, 0.25) is 0 Å². The number of aromatic nitrogens is 2. The number of aryl methyl sites for hydroxylation is 1. The lowest BCUT2D eigenvalue weighted by atomic mass is 10.3. The van der Waals surface area contributed by atoms with Crippen LogP contribution >= 0.6 is 28.3 Å². The van der Waals surface area contributed by atoms with Crippen molar-refractivity contribution in [3.63, 3.8) is 0 Å². The molecule has 0 amide bonds. The Morgan fingerprint density at radius 1 is 1.56 bits per heavy atom. The van der Waals surface area contributed by atoms with Gasteiger partial charge in [0.1, 0.15) is 0 Å². The van der Waals surface area contributed by atoms with Crippen molar-refractivity contribution < 1.29 is 9.53 Å². The fraction of sp³-hybridized carbons (Fsp3) is 0.400. The first-order valence-corrected chi connectivity index (χ1v) is 5.54. The number of esters is 1. The second kappa shape index (κ2) is 5.45. The van der Waals surface area contributed by atoms with Gasteiger partial charge in [0.2, 0.25) is 0 Å². The van der Waals surface area contributed by atoms with Crippen molar-refractivity contribution in [2.24, 2.45) is 0 Å². The molecule has 0 spiro atoms. The molecule has 0 saturated heterocycles. The summed E-state index contributed by atoms with van der Waals surface area (Å²) in [6.45, 7) is 3.87. The summed E-state index contributed by atoms with van der Waals surface area (Å²) in [6.07, 6.45) is 4.69. The molecule has 0 aliphatic carbocycles. The summed E-state index contributed by atoms with van der Waals surface area (Å²) < 4.78 is 6.86. The van der Waals surface area contributed by atoms with Crippen LogP contribution in [0, 0.1) is 6.92 Å². The predicted octanol–water partition coefficient (Wildman–Crippen LogP) is 2.39. The van der Waals surface area contributed by atoms with E-state index < -0.39 is 0 Å². The fourth-order valence-electron chi connectivity index (χ4n) is 1.38. The van der Waals surface area contributed by atoms with Gasteiger partial charge in [-0.1, -0.05) is 0 Å². The number of rotatable bonds is 3. The van der Waals surface area contributed by atoms with Crippen molar-refractivity contribution in [3.8, 4) is 0 Å². The molecule has 0 saturated carbocycles. The zero-order chi connectivity index (χ0) is 10.8. The molecule has 6 heteroatoms. The number of hydrogen-bond donors (Lipinski definition) is 0. The lowest BCUT2D eigenvalue weighted by Gasteiger charge is -1.97. The third-order valence-electron chi connectivity index (χ3n) is 1.98. The van der Waals surface area contributed by atoms with E-state index in [0.717, 1.165) is 10.7 Å². The van der Waals surface area contributed by atoms with E-state index in [-0.39, 0.29) is 23.0 Å². The van der Waals surface area contributed by atoms with Crippen LogP contribution in [0.1, 0.15) is 17.5 Å². The Bertz CT molecular complexity index is 460. The van der Waals surface area contributed by atoms with Crippen LogP contribution in [0.5, 0.6) is 0 Å². The van der Waals surface area contributed by atoms with Crippen LogP contribution in [0.4, 0.5) is 0 Å². The number of thiazole rings is 1. The van der Waals surface area contributed by atoms with Crippen LogP contribution in [0.25, 0.3) is 4.96 Å². The van der Waals surface area contributed by atoms with Gasteiger partial charge in [-0.3, -0.25) is 9.20 Å². The number of halogens is 1. The number of fused-ring (bicyclic) bond motifs is 1. The van der Waals surface area contributed by atoms with Gasteiger partial charge < -0.3 is 4.74 Å². The summed E-state index contributed by atoms with van der Waals surface area (Å²) in [5.74, 6) is -0.244. The second-order valence-corrected chi connectivity index (χ2v) is 4.57. The van der Waals surface area contributed by atoms with E-state index in [9.17, 15) is 4.79 Å². The van der Waals surface area contributed by atoms with Gasteiger partial charge in [0, 0.05) is 30.6 Å². The van der Waals surface area contributed by atoms with Gasteiger partial charge in [-0.2, -0.15) is 0 Å². The van der Waals surface area contributed by atoms with E-state index >= 15 is 0 Å². The molecule has 0 N–H and O–H groups in total. The minimum Gasteiger partial charge on any atom is -0.465 e. The largest absolute Gasteiger partial charge is 0.465 e. The van der Waals surface area contributed by atoms with E-state index in [1.165, 1.54) is 11.8 Å². The van der Waals surface area contributed by atoms with Gasteiger partial charge in [0.05, 0.1) is 12.3 Å². The van der Waals surface area contributed by atoms with Crippen molar-refractivity contribution in [1.82, 2.24) is 9.38 Å². The first-order chi connectivity index (χ1) is 7.15. The third-order valence-corrected chi connectivity index (χ3v) is 2.90. The van der Waals surface area contributed by atoms with Crippen molar-refractivity contribution >= 4 is 39.2 Å². The number of imidazole rings is 1. The van der Waals surface area contributed by atoms with Crippen molar-refractivity contribution in [1.29, 1.82) is 0 Å². The van der Waals surface area contributed by atoms with Gasteiger partial charge in [0.15, 0.2) is 4.96 Å². The Morgan fingerprint density at radius 2 is 2.31 bits per heavy atom. The monoisotopic (exact) mass is 304 g/mol. The summed E-state index contributed by atoms with van der Waals surface area (Å²) >= 11 is 1.66. The van der Waals surface area contributed by atoms with E-state index in [1.54, 1.807) is 11.3 Å². The van der Waals surface area contributed by atoms with Crippen LogP contribution < -0.4 is 0 Å². The first-order valence-electron chi connectivity index (χ1n) is 4.72. The molecule has 2 aromatic heterocycles. The molecule has 88 valence electrons. The average molecular weight is 305 g/mol. The normalized spacial score (nSPS) is 10.1. The number of hydrogen-bond acceptors (Lipinski definition) is 4. The zero-order valence-electron chi connectivity index (χ0n) is 9.10. The van der Waals surface area contributed by atoms with E-state index in [4.69, 9.17) is 4.74 Å². The predicted molar refractivity (Wildman–Crippen MR) is 68.5 cm³/mol. The number of carbonyl (C=O) groups excluding carboxylic acids is 1. The Labute approximate surface area is 108 Å². The SMILES string of the molecule is Br.CC(=O)OCCc1cn2cc(C)sc2n1. The molecule has 0 aromatic carbocycles. The van der Waals surface area contributed by atoms with Gasteiger partial charge in [-0.05, 0) is 6.92 Å². The summed E-state index contributed by atoms with van der Waals surface area (Å²) in [6, 6.07) is 0. The van der Waals surface area contributed by atoms with Gasteiger partial charge in [-0.15, -0.1) is 28.3 Å². The van der Waals surface area contributed by atoms with Crippen LogP contribution in [0.15, 0.2) is 12.4 Å². The summed E-state index contributed by atoms with van der Waals surface area (Å²) in [5.41, 5.74) is 0.961. The van der Waals surface area contributed by atoms with Gasteiger partial charge in [0.25, 0.3) is 0 Å². The van der Waals surface area contributed by atoms with E-state index in [2.05, 4.69) is 11.9 Å². The van der Waals surface area contributed by atoms with Crippen molar-refractivity contribution in [3.05, 3.63) is 23.0 Å². The topological polar surface area (TPSA) is 43.6 Å². The molecule has 2 heterocycles. The Balaban J connectivity index is 0.00000128. The second-order valence-electron chi connectivity index (χ2n) is 3.35. The summed E-state index contributed by atoms with van der Waals surface area (Å²) in [5, 5.41) is 0. The third kappa shape index (κ3) is 3.05. The van der Waals surface area contributed by atoms with Gasteiger partial charge in [-0.25, -0.2) is 4.98 Å². The zero-order valence-corrected chi connectivity index (χ0v) is 11.6. The highest BCUT2D eigenvalue weighted by Gasteiger charge is 2.04. The molecule has 0 unspecified atom stereocenters. The molecule has 4 nitrogen and oxygen atoms in total. The maximum absolute atomic E-state index is 10.6. The smallest absolute Gasteiger partial charge is 0.302 e. The molecular weight excluding hydrogens is 292 g/mol. The highest BCUT2D eigenvalue weighted by atomic mass is 79.9. The molecule has 2 aromatic rings. The molecule has 0 bridgehead atoms. The minimum absolute atomic E-state index is 0. The molecular formula is C10H13BrN2O2S. The number of nitrogens with zero attached hydrogens (tertiary/aromatic N) is 2. The highest BCUT2D eigenvalue weighted by molar-refractivity contribution is 8.93. The van der Waals surface area contributed by atoms with Gasteiger partial charge >= 0.3 is 5.97 Å². The average Bonchev–Trinajstić information content (AvgIpc) is 2.60. The van der Waals surface area contributed by atoms with E-state index in [0.29, 0.717) is 13.0 Å². The highest BCUT2D eigenvalue weighted by Crippen LogP contribution is 2.16. The van der Waals surface area contributed by atoms with Crippen LogP contribution in [-0.4, -0.2) is 22.0 Å². The minimum atomic E-state index is -0.244. The molecule has 0 fully saturated rings. The lowest BCUT2D eigenvalue weighted by Crippen LogP contribution is -2.03. The summed E-state index contributed by atoms with van der Waals surface area (Å²) in [7, 11) is 0. The molecule has 2 rings (SSSR count). The van der Waals surface area contributed by atoms with Crippen LogP contribution in [-0.2, 0) is 16.0 Å².